The summed E-state index contributed by atoms with van der Waals surface area (Å²) >= 11 is 0. The van der Waals surface area contributed by atoms with Crippen molar-refractivity contribution in [2.45, 2.75) is 25.4 Å². The van der Waals surface area contributed by atoms with Crippen molar-refractivity contribution in [1.29, 1.82) is 0 Å². The van der Waals surface area contributed by atoms with Crippen LogP contribution in [0.4, 0.5) is 0 Å². The number of hydrogen-bond donors (Lipinski definition) is 0. The minimum atomic E-state index is -0.140. The minimum absolute atomic E-state index is 0.0850. The fourth-order valence-electron chi connectivity index (χ4n) is 3.74. The Balaban J connectivity index is 1.84. The van der Waals surface area contributed by atoms with Gasteiger partial charge < -0.3 is 19.1 Å². The molecule has 2 atom stereocenters. The van der Waals surface area contributed by atoms with E-state index in [1.54, 1.807) is 23.9 Å². The highest BCUT2D eigenvalue weighted by molar-refractivity contribution is 5.94. The summed E-state index contributed by atoms with van der Waals surface area (Å²) < 4.78 is 6.83. The van der Waals surface area contributed by atoms with Crippen LogP contribution in [0.25, 0.3) is 0 Å². The van der Waals surface area contributed by atoms with Crippen LogP contribution in [0.15, 0.2) is 47.4 Å². The minimum Gasteiger partial charge on any atom is -0.497 e. The molecule has 6 nitrogen and oxygen atoms in total. The number of carbonyl (C=O) groups is 1. The van der Waals surface area contributed by atoms with E-state index in [9.17, 15) is 9.59 Å². The number of carbonyl (C=O) groups excluding carboxylic acids is 1. The Kier molecular flexibility index (Phi) is 5.65. The molecule has 2 heterocycles. The molecule has 1 aliphatic rings. The molecule has 27 heavy (non-hydrogen) atoms. The van der Waals surface area contributed by atoms with Crippen LogP contribution in [0.5, 0.6) is 5.75 Å². The van der Waals surface area contributed by atoms with Crippen molar-refractivity contribution in [2.24, 2.45) is 0 Å². The van der Waals surface area contributed by atoms with Gasteiger partial charge in [0.25, 0.3) is 11.5 Å². The van der Waals surface area contributed by atoms with Crippen molar-refractivity contribution >= 4 is 5.91 Å². The maximum atomic E-state index is 13.0. The number of likely N-dealkylation sites (tertiary alicyclic amines) is 1. The molecule has 6 heteroatoms. The molecule has 1 aromatic carbocycles. The molecular formula is C21H27N3O3. The zero-order valence-electron chi connectivity index (χ0n) is 16.4. The largest absolute Gasteiger partial charge is 0.497 e. The Morgan fingerprint density at radius 1 is 1.19 bits per heavy atom. The maximum absolute atomic E-state index is 13.0. The van der Waals surface area contributed by atoms with E-state index in [1.807, 2.05) is 38.1 Å². The molecule has 144 valence electrons. The van der Waals surface area contributed by atoms with Gasteiger partial charge in [-0.25, -0.2) is 0 Å². The first-order valence-corrected chi connectivity index (χ1v) is 9.24. The number of rotatable bonds is 5. The smallest absolute Gasteiger partial charge is 0.254 e. The van der Waals surface area contributed by atoms with Crippen molar-refractivity contribution in [3.63, 3.8) is 0 Å². The van der Waals surface area contributed by atoms with Gasteiger partial charge in [0.15, 0.2) is 0 Å². The average molecular weight is 369 g/mol. The van der Waals surface area contributed by atoms with Crippen molar-refractivity contribution in [1.82, 2.24) is 14.4 Å². The summed E-state index contributed by atoms with van der Waals surface area (Å²) in [5, 5.41) is 0. The van der Waals surface area contributed by atoms with E-state index in [0.29, 0.717) is 25.2 Å². The predicted octanol–water partition coefficient (Wildman–Crippen LogP) is 2.05. The van der Waals surface area contributed by atoms with Gasteiger partial charge in [0, 0.05) is 49.4 Å². The highest BCUT2D eigenvalue weighted by Crippen LogP contribution is 2.32. The third-order valence-corrected chi connectivity index (χ3v) is 5.37. The zero-order chi connectivity index (χ0) is 19.6. The third kappa shape index (κ3) is 3.90. The van der Waals surface area contributed by atoms with Crippen molar-refractivity contribution < 1.29 is 9.53 Å². The summed E-state index contributed by atoms with van der Waals surface area (Å²) in [6, 6.07) is 11.4. The van der Waals surface area contributed by atoms with Crippen LogP contribution in [0.2, 0.25) is 0 Å². The van der Waals surface area contributed by atoms with E-state index in [2.05, 4.69) is 17.0 Å². The molecule has 0 unspecified atom stereocenters. The number of benzene rings is 1. The monoisotopic (exact) mass is 369 g/mol. The van der Waals surface area contributed by atoms with Crippen molar-refractivity contribution in [3.8, 4) is 5.75 Å². The van der Waals surface area contributed by atoms with E-state index in [4.69, 9.17) is 4.74 Å². The molecule has 1 saturated heterocycles. The zero-order valence-corrected chi connectivity index (χ0v) is 16.4. The lowest BCUT2D eigenvalue weighted by molar-refractivity contribution is 0.0782. The van der Waals surface area contributed by atoms with Gasteiger partial charge in [-0.15, -0.1) is 0 Å². The van der Waals surface area contributed by atoms with Crippen molar-refractivity contribution in [2.75, 3.05) is 34.3 Å². The number of nitrogens with zero attached hydrogens (tertiary/aromatic N) is 3. The molecular weight excluding hydrogens is 342 g/mol. The number of amides is 1. The summed E-state index contributed by atoms with van der Waals surface area (Å²) in [5.41, 5.74) is 1.50. The number of aromatic nitrogens is 1. The lowest BCUT2D eigenvalue weighted by Crippen LogP contribution is -2.36. The van der Waals surface area contributed by atoms with Gasteiger partial charge in [-0.05, 0) is 44.8 Å². The number of pyridine rings is 1. The van der Waals surface area contributed by atoms with E-state index in [1.165, 1.54) is 11.6 Å². The second-order valence-corrected chi connectivity index (χ2v) is 7.16. The maximum Gasteiger partial charge on any atom is 0.254 e. The number of methoxy groups -OCH3 is 1. The van der Waals surface area contributed by atoms with Crippen LogP contribution in [0.3, 0.4) is 0 Å². The molecule has 1 fully saturated rings. The lowest BCUT2D eigenvalue weighted by atomic mass is 9.93. The van der Waals surface area contributed by atoms with Gasteiger partial charge >= 0.3 is 0 Å². The predicted molar refractivity (Wildman–Crippen MR) is 105 cm³/mol. The lowest BCUT2D eigenvalue weighted by Gasteiger charge is -2.25. The number of aryl methyl sites for hydroxylation is 1. The molecule has 1 amide bonds. The first-order valence-electron chi connectivity index (χ1n) is 9.24. The molecule has 0 radical (unpaired) electrons. The Hall–Kier alpha value is -2.60. The van der Waals surface area contributed by atoms with Gasteiger partial charge in [0.05, 0.1) is 7.11 Å². The molecule has 0 aliphatic carbocycles. The van der Waals surface area contributed by atoms with Gasteiger partial charge in [-0.3, -0.25) is 9.59 Å². The Morgan fingerprint density at radius 3 is 2.44 bits per heavy atom. The second kappa shape index (κ2) is 7.96. The highest BCUT2D eigenvalue weighted by atomic mass is 16.5. The SMILES string of the molecule is CCn1ccc(C(=O)N2C[C@@H](N(C)C)[C@H](c3ccc(OC)cc3)C2)cc1=O. The van der Waals surface area contributed by atoms with E-state index in [0.717, 1.165) is 5.75 Å². The van der Waals surface area contributed by atoms with Crippen LogP contribution in [0, 0.1) is 0 Å². The molecule has 0 bridgehead atoms. The standard InChI is InChI=1S/C21H27N3O3/c1-5-23-11-10-16(12-20(23)25)21(26)24-13-18(19(14-24)22(2)3)15-6-8-17(27-4)9-7-15/h6-12,18-19H,5,13-14H2,1-4H3/t18-,19+/m0/s1. The van der Waals surface area contributed by atoms with Crippen LogP contribution in [0.1, 0.15) is 28.8 Å². The molecule has 0 N–H and O–H groups in total. The summed E-state index contributed by atoms with van der Waals surface area (Å²) in [6.07, 6.45) is 1.69. The summed E-state index contributed by atoms with van der Waals surface area (Å²) in [4.78, 5) is 29.1. The van der Waals surface area contributed by atoms with E-state index >= 15 is 0 Å². The van der Waals surface area contributed by atoms with Crippen LogP contribution >= 0.6 is 0 Å². The molecule has 2 aromatic rings. The third-order valence-electron chi connectivity index (χ3n) is 5.37. The summed E-state index contributed by atoms with van der Waals surface area (Å²) in [5.74, 6) is 0.951. The van der Waals surface area contributed by atoms with E-state index in [-0.39, 0.29) is 23.4 Å². The van der Waals surface area contributed by atoms with Gasteiger partial charge in [-0.2, -0.15) is 0 Å². The van der Waals surface area contributed by atoms with Crippen LogP contribution in [-0.4, -0.2) is 60.6 Å². The number of ether oxygens (including phenoxy) is 1. The topological polar surface area (TPSA) is 54.8 Å². The fourth-order valence-corrected chi connectivity index (χ4v) is 3.74. The summed E-state index contributed by atoms with van der Waals surface area (Å²) in [6.45, 7) is 3.77. The van der Waals surface area contributed by atoms with Crippen LogP contribution < -0.4 is 10.3 Å². The number of hydrogen-bond acceptors (Lipinski definition) is 4. The van der Waals surface area contributed by atoms with Crippen LogP contribution in [-0.2, 0) is 6.54 Å². The van der Waals surface area contributed by atoms with Gasteiger partial charge in [0.2, 0.25) is 0 Å². The molecule has 1 aromatic heterocycles. The molecule has 3 rings (SSSR count). The van der Waals surface area contributed by atoms with E-state index < -0.39 is 0 Å². The first kappa shape index (κ1) is 19.2. The first-order chi connectivity index (χ1) is 12.9. The molecule has 1 aliphatic heterocycles. The van der Waals surface area contributed by atoms with Crippen molar-refractivity contribution in [3.05, 3.63) is 64.1 Å². The Morgan fingerprint density at radius 2 is 1.89 bits per heavy atom. The summed E-state index contributed by atoms with van der Waals surface area (Å²) in [7, 11) is 5.73. The quantitative estimate of drug-likeness (QED) is 0.809. The Labute approximate surface area is 160 Å². The Bertz CT molecular complexity index is 858. The number of likely N-dealkylation sites (N-methyl/N-ethyl adjacent to an activating group) is 1. The molecule has 0 spiro atoms. The van der Waals surface area contributed by atoms with Gasteiger partial charge in [0.1, 0.15) is 5.75 Å². The fraction of sp³-hybridized carbons (Fsp3) is 0.429. The average Bonchev–Trinajstić information content (AvgIpc) is 3.13. The second-order valence-electron chi connectivity index (χ2n) is 7.16. The van der Waals surface area contributed by atoms with Gasteiger partial charge in [-0.1, -0.05) is 12.1 Å². The highest BCUT2D eigenvalue weighted by Gasteiger charge is 2.37. The molecule has 0 saturated carbocycles. The normalized spacial score (nSPS) is 19.5.